The van der Waals surface area contributed by atoms with Crippen molar-refractivity contribution in [2.45, 2.75) is 26.3 Å². The maximum atomic E-state index is 11.3. The Morgan fingerprint density at radius 1 is 1.00 bits per heavy atom. The fraction of sp³-hybridized carbons (Fsp3) is 0.458. The van der Waals surface area contributed by atoms with Gasteiger partial charge in [-0.3, -0.25) is 4.79 Å². The molecule has 1 N–H and O–H groups in total. The number of carbonyl (C=O) groups excluding carboxylic acids is 1. The molecule has 4 rings (SSSR count). The van der Waals surface area contributed by atoms with Crippen LogP contribution in [-0.2, 0) is 11.3 Å². The Hall–Kier alpha value is -2.37. The van der Waals surface area contributed by atoms with Crippen LogP contribution >= 0.6 is 0 Å². The number of nitrogens with one attached hydrogen (secondary N) is 1. The molecule has 154 valence electrons. The monoisotopic (exact) mass is 392 g/mol. The number of nitrogens with zero attached hydrogens (tertiary/aromatic N) is 3. The summed E-state index contributed by atoms with van der Waals surface area (Å²) in [6.07, 6.45) is 0. The molecule has 5 heteroatoms. The van der Waals surface area contributed by atoms with E-state index in [0.29, 0.717) is 5.92 Å². The molecule has 1 amide bonds. The van der Waals surface area contributed by atoms with Gasteiger partial charge in [-0.15, -0.1) is 0 Å². The second kappa shape index (κ2) is 8.17. The van der Waals surface area contributed by atoms with Gasteiger partial charge in [0.2, 0.25) is 5.91 Å². The molecule has 0 aliphatic carbocycles. The number of amides is 1. The number of fused-ring (bicyclic) bond motifs is 1. The molecule has 0 saturated carbocycles. The molecule has 5 nitrogen and oxygen atoms in total. The number of likely N-dealkylation sites (N-methyl/N-ethyl adjacent to an activating group) is 2. The Morgan fingerprint density at radius 3 is 2.34 bits per heavy atom. The van der Waals surface area contributed by atoms with E-state index in [2.05, 4.69) is 65.3 Å². The Morgan fingerprint density at radius 2 is 1.69 bits per heavy atom. The summed E-state index contributed by atoms with van der Waals surface area (Å²) in [7, 11) is 4.40. The third kappa shape index (κ3) is 4.31. The first-order chi connectivity index (χ1) is 13.9. The second-order valence-corrected chi connectivity index (χ2v) is 8.67. The van der Waals surface area contributed by atoms with Crippen LogP contribution in [0.3, 0.4) is 0 Å². The van der Waals surface area contributed by atoms with Gasteiger partial charge in [0.15, 0.2) is 0 Å². The van der Waals surface area contributed by atoms with Crippen molar-refractivity contribution in [3.63, 3.8) is 0 Å². The number of anilines is 2. The SMILES string of the molecule is CC(=O)Nc1ccc(C2CN(C)Cc3c(C)cc(N4CCN(C)CC4)cc32)cc1. The molecular formula is C24H32N4O. The normalized spacial score (nSPS) is 20.4. The van der Waals surface area contributed by atoms with Crippen LogP contribution in [0.1, 0.15) is 35.1 Å². The summed E-state index contributed by atoms with van der Waals surface area (Å²) in [6.45, 7) is 10.2. The van der Waals surface area contributed by atoms with Crippen molar-refractivity contribution < 1.29 is 4.79 Å². The fourth-order valence-corrected chi connectivity index (χ4v) is 4.63. The molecule has 1 unspecified atom stereocenters. The zero-order valence-corrected chi connectivity index (χ0v) is 18.0. The van der Waals surface area contributed by atoms with E-state index in [-0.39, 0.29) is 5.91 Å². The lowest BCUT2D eigenvalue weighted by molar-refractivity contribution is -0.114. The summed E-state index contributed by atoms with van der Waals surface area (Å²) < 4.78 is 0. The summed E-state index contributed by atoms with van der Waals surface area (Å²) in [5.74, 6) is 0.314. The van der Waals surface area contributed by atoms with Gasteiger partial charge in [0.1, 0.15) is 0 Å². The van der Waals surface area contributed by atoms with Crippen molar-refractivity contribution >= 4 is 17.3 Å². The van der Waals surface area contributed by atoms with Crippen molar-refractivity contribution in [1.82, 2.24) is 9.80 Å². The molecule has 2 aromatic carbocycles. The van der Waals surface area contributed by atoms with E-state index in [1.807, 2.05) is 12.1 Å². The van der Waals surface area contributed by atoms with Crippen LogP contribution in [0, 0.1) is 6.92 Å². The van der Waals surface area contributed by atoms with Crippen LogP contribution in [0.15, 0.2) is 36.4 Å². The highest BCUT2D eigenvalue weighted by molar-refractivity contribution is 5.88. The number of benzene rings is 2. The number of rotatable bonds is 3. The quantitative estimate of drug-likeness (QED) is 0.870. The minimum Gasteiger partial charge on any atom is -0.369 e. The van der Waals surface area contributed by atoms with Gasteiger partial charge in [-0.25, -0.2) is 0 Å². The smallest absolute Gasteiger partial charge is 0.221 e. The number of hydrogen-bond acceptors (Lipinski definition) is 4. The lowest BCUT2D eigenvalue weighted by Gasteiger charge is -2.37. The summed E-state index contributed by atoms with van der Waals surface area (Å²) in [5, 5.41) is 2.87. The average Bonchev–Trinajstić information content (AvgIpc) is 2.69. The number of hydrogen-bond donors (Lipinski definition) is 1. The van der Waals surface area contributed by atoms with Crippen LogP contribution in [0.2, 0.25) is 0 Å². The third-order valence-electron chi connectivity index (χ3n) is 6.29. The van der Waals surface area contributed by atoms with Crippen LogP contribution in [0.25, 0.3) is 0 Å². The van der Waals surface area contributed by atoms with E-state index in [1.54, 1.807) is 6.92 Å². The summed E-state index contributed by atoms with van der Waals surface area (Å²) in [6, 6.07) is 13.2. The van der Waals surface area contributed by atoms with Gasteiger partial charge in [-0.1, -0.05) is 12.1 Å². The molecule has 1 atom stereocenters. The van der Waals surface area contributed by atoms with Crippen LogP contribution < -0.4 is 10.2 Å². The minimum atomic E-state index is -0.0343. The van der Waals surface area contributed by atoms with Crippen molar-refractivity contribution in [3.05, 3.63) is 58.7 Å². The van der Waals surface area contributed by atoms with E-state index in [9.17, 15) is 4.79 Å². The number of piperazine rings is 1. The number of aryl methyl sites for hydroxylation is 1. The molecule has 2 aromatic rings. The van der Waals surface area contributed by atoms with Gasteiger partial charge >= 0.3 is 0 Å². The molecule has 29 heavy (non-hydrogen) atoms. The summed E-state index contributed by atoms with van der Waals surface area (Å²) in [5.41, 5.74) is 7.84. The largest absolute Gasteiger partial charge is 0.369 e. The van der Waals surface area contributed by atoms with Gasteiger partial charge in [0, 0.05) is 63.5 Å². The van der Waals surface area contributed by atoms with Crippen molar-refractivity contribution in [2.75, 3.05) is 57.0 Å². The maximum Gasteiger partial charge on any atom is 0.221 e. The Labute approximate surface area is 174 Å². The van der Waals surface area contributed by atoms with Crippen molar-refractivity contribution in [1.29, 1.82) is 0 Å². The fourth-order valence-electron chi connectivity index (χ4n) is 4.63. The first kappa shape index (κ1) is 19.9. The van der Waals surface area contributed by atoms with Gasteiger partial charge < -0.3 is 20.0 Å². The zero-order chi connectivity index (χ0) is 20.5. The topological polar surface area (TPSA) is 38.8 Å². The molecule has 0 spiro atoms. The minimum absolute atomic E-state index is 0.0343. The lowest BCUT2D eigenvalue weighted by Crippen LogP contribution is -2.44. The van der Waals surface area contributed by atoms with E-state index in [1.165, 1.54) is 27.9 Å². The Kier molecular flexibility index (Phi) is 5.61. The predicted molar refractivity (Wildman–Crippen MR) is 120 cm³/mol. The zero-order valence-electron chi connectivity index (χ0n) is 18.0. The van der Waals surface area contributed by atoms with Crippen molar-refractivity contribution in [2.24, 2.45) is 0 Å². The highest BCUT2D eigenvalue weighted by Crippen LogP contribution is 2.37. The molecule has 0 bridgehead atoms. The maximum absolute atomic E-state index is 11.3. The third-order valence-corrected chi connectivity index (χ3v) is 6.29. The molecule has 1 fully saturated rings. The summed E-state index contributed by atoms with van der Waals surface area (Å²) >= 11 is 0. The van der Waals surface area contributed by atoms with E-state index >= 15 is 0 Å². The Bertz CT molecular complexity index is 884. The highest BCUT2D eigenvalue weighted by Gasteiger charge is 2.27. The molecule has 0 radical (unpaired) electrons. The molecule has 0 aromatic heterocycles. The highest BCUT2D eigenvalue weighted by atomic mass is 16.1. The van der Waals surface area contributed by atoms with Gasteiger partial charge in [-0.2, -0.15) is 0 Å². The average molecular weight is 393 g/mol. The van der Waals surface area contributed by atoms with Crippen molar-refractivity contribution in [3.8, 4) is 0 Å². The van der Waals surface area contributed by atoms with E-state index < -0.39 is 0 Å². The number of carbonyl (C=O) groups is 1. The van der Waals surface area contributed by atoms with E-state index in [0.717, 1.165) is 45.0 Å². The lowest BCUT2D eigenvalue weighted by atomic mass is 9.82. The van der Waals surface area contributed by atoms with Gasteiger partial charge in [0.25, 0.3) is 0 Å². The standard InChI is InChI=1S/C24H32N4O/c1-17-13-21(28-11-9-26(3)10-12-28)14-22-23(17)15-27(4)16-24(22)19-5-7-20(8-6-19)25-18(2)29/h5-8,13-14,24H,9-12,15-16H2,1-4H3,(H,25,29). The van der Waals surface area contributed by atoms with Crippen LogP contribution in [-0.4, -0.2) is 62.5 Å². The molecular weight excluding hydrogens is 360 g/mol. The first-order valence-corrected chi connectivity index (χ1v) is 10.5. The van der Waals surface area contributed by atoms with Crippen LogP contribution in [0.5, 0.6) is 0 Å². The van der Waals surface area contributed by atoms with Crippen LogP contribution in [0.4, 0.5) is 11.4 Å². The van der Waals surface area contributed by atoms with Gasteiger partial charge in [-0.05, 0) is 67.5 Å². The Balaban J connectivity index is 1.68. The molecule has 2 aliphatic heterocycles. The summed E-state index contributed by atoms with van der Waals surface area (Å²) in [4.78, 5) is 18.7. The first-order valence-electron chi connectivity index (χ1n) is 10.5. The molecule has 1 saturated heterocycles. The second-order valence-electron chi connectivity index (χ2n) is 8.67. The molecule has 2 heterocycles. The molecule has 2 aliphatic rings. The predicted octanol–water partition coefficient (Wildman–Crippen LogP) is 3.28. The van der Waals surface area contributed by atoms with E-state index in [4.69, 9.17) is 0 Å². The van der Waals surface area contributed by atoms with Gasteiger partial charge in [0.05, 0.1) is 0 Å².